The zero-order chi connectivity index (χ0) is 15.7. The lowest BCUT2D eigenvalue weighted by atomic mass is 10.1. The molecule has 1 atom stereocenters. The van der Waals surface area contributed by atoms with Crippen LogP contribution in [0.5, 0.6) is 5.75 Å². The summed E-state index contributed by atoms with van der Waals surface area (Å²) in [6, 6.07) is 9.67. The molecule has 1 aromatic carbocycles. The fourth-order valence-corrected chi connectivity index (χ4v) is 3.34. The molecule has 0 fully saturated rings. The second kappa shape index (κ2) is 5.31. The molecule has 22 heavy (non-hydrogen) atoms. The van der Waals surface area contributed by atoms with Crippen molar-refractivity contribution in [2.24, 2.45) is 0 Å². The zero-order valence-electron chi connectivity index (χ0n) is 11.8. The molecule has 0 aliphatic carbocycles. The highest BCUT2D eigenvalue weighted by Gasteiger charge is 2.23. The SMILES string of the molecule is CC1Cc2cc(S(=O)(=O)Nc3ccc(C#N)cn3)ccc2O1. The van der Waals surface area contributed by atoms with Gasteiger partial charge in [-0.1, -0.05) is 0 Å². The van der Waals surface area contributed by atoms with Crippen molar-refractivity contribution in [2.75, 3.05) is 4.72 Å². The van der Waals surface area contributed by atoms with Crippen LogP contribution < -0.4 is 9.46 Å². The number of aromatic nitrogens is 1. The van der Waals surface area contributed by atoms with Gasteiger partial charge < -0.3 is 4.74 Å². The summed E-state index contributed by atoms with van der Waals surface area (Å²) in [7, 11) is -3.72. The molecule has 2 aromatic rings. The molecular weight excluding hydrogens is 302 g/mol. The maximum atomic E-state index is 12.4. The Morgan fingerprint density at radius 2 is 2.18 bits per heavy atom. The van der Waals surface area contributed by atoms with Gasteiger partial charge in [0.1, 0.15) is 23.7 Å². The third-order valence-electron chi connectivity index (χ3n) is 3.31. The summed E-state index contributed by atoms with van der Waals surface area (Å²) in [5.41, 5.74) is 1.25. The van der Waals surface area contributed by atoms with Crippen molar-refractivity contribution in [1.29, 1.82) is 5.26 Å². The molecule has 1 aliphatic rings. The minimum Gasteiger partial charge on any atom is -0.490 e. The summed E-state index contributed by atoms with van der Waals surface area (Å²) in [6.45, 7) is 1.94. The molecule has 1 aliphatic heterocycles. The molecule has 0 saturated heterocycles. The average molecular weight is 315 g/mol. The van der Waals surface area contributed by atoms with Crippen LogP contribution in [0.3, 0.4) is 0 Å². The van der Waals surface area contributed by atoms with Crippen molar-refractivity contribution in [3.05, 3.63) is 47.7 Å². The molecule has 0 bridgehead atoms. The molecule has 3 rings (SSSR count). The standard InChI is InChI=1S/C15H13N3O3S/c1-10-6-12-7-13(3-4-14(12)21-10)22(19,20)18-15-5-2-11(8-16)9-17-15/h2-5,7,9-10H,6H2,1H3,(H,17,18). The lowest BCUT2D eigenvalue weighted by Crippen LogP contribution is -2.14. The van der Waals surface area contributed by atoms with E-state index in [1.807, 2.05) is 13.0 Å². The van der Waals surface area contributed by atoms with Crippen molar-refractivity contribution in [2.45, 2.75) is 24.3 Å². The van der Waals surface area contributed by atoms with Gasteiger partial charge in [-0.3, -0.25) is 4.72 Å². The predicted octanol–water partition coefficient (Wildman–Crippen LogP) is 2.08. The summed E-state index contributed by atoms with van der Waals surface area (Å²) in [5.74, 6) is 0.895. The highest BCUT2D eigenvalue weighted by Crippen LogP contribution is 2.31. The van der Waals surface area contributed by atoms with Gasteiger partial charge in [-0.05, 0) is 42.8 Å². The molecule has 7 heteroatoms. The third-order valence-corrected chi connectivity index (χ3v) is 4.66. The van der Waals surface area contributed by atoms with Crippen LogP contribution in [0.1, 0.15) is 18.1 Å². The number of hydrogen-bond donors (Lipinski definition) is 1. The molecule has 1 N–H and O–H groups in total. The van der Waals surface area contributed by atoms with Crippen LogP contribution in [0, 0.1) is 11.3 Å². The van der Waals surface area contributed by atoms with Crippen LogP contribution in [-0.4, -0.2) is 19.5 Å². The normalized spacial score (nSPS) is 16.5. The summed E-state index contributed by atoms with van der Waals surface area (Å²) in [6.07, 6.45) is 2.06. The van der Waals surface area contributed by atoms with E-state index in [0.717, 1.165) is 11.3 Å². The topological polar surface area (TPSA) is 92.1 Å². The summed E-state index contributed by atoms with van der Waals surface area (Å²) >= 11 is 0. The molecule has 6 nitrogen and oxygen atoms in total. The van der Waals surface area contributed by atoms with E-state index in [4.69, 9.17) is 10.00 Å². The number of anilines is 1. The van der Waals surface area contributed by atoms with E-state index in [1.54, 1.807) is 12.1 Å². The smallest absolute Gasteiger partial charge is 0.263 e. The first-order valence-electron chi connectivity index (χ1n) is 6.66. The summed E-state index contributed by atoms with van der Waals surface area (Å²) < 4.78 is 32.7. The summed E-state index contributed by atoms with van der Waals surface area (Å²) in [5, 5.41) is 8.71. The van der Waals surface area contributed by atoms with Gasteiger partial charge in [0.2, 0.25) is 0 Å². The minimum atomic E-state index is -3.72. The Bertz CT molecular complexity index is 855. The molecule has 0 saturated carbocycles. The van der Waals surface area contributed by atoms with E-state index in [1.165, 1.54) is 24.4 Å². The van der Waals surface area contributed by atoms with Crippen molar-refractivity contribution in [1.82, 2.24) is 4.98 Å². The fraction of sp³-hybridized carbons (Fsp3) is 0.200. The van der Waals surface area contributed by atoms with Gasteiger partial charge >= 0.3 is 0 Å². The Balaban J connectivity index is 1.87. The third kappa shape index (κ3) is 2.73. The highest BCUT2D eigenvalue weighted by atomic mass is 32.2. The number of ether oxygens (including phenoxy) is 1. The van der Waals surface area contributed by atoms with E-state index < -0.39 is 10.0 Å². The number of rotatable bonds is 3. The maximum Gasteiger partial charge on any atom is 0.263 e. The quantitative estimate of drug-likeness (QED) is 0.936. The van der Waals surface area contributed by atoms with E-state index in [-0.39, 0.29) is 16.8 Å². The first kappa shape index (κ1) is 14.4. The number of nitrogens with one attached hydrogen (secondary N) is 1. The van der Waals surface area contributed by atoms with Crippen LogP contribution in [0.4, 0.5) is 5.82 Å². The molecular formula is C15H13N3O3S. The molecule has 1 unspecified atom stereocenters. The molecule has 0 spiro atoms. The van der Waals surface area contributed by atoms with Crippen LogP contribution in [-0.2, 0) is 16.4 Å². The first-order chi connectivity index (χ1) is 10.5. The van der Waals surface area contributed by atoms with Crippen molar-refractivity contribution >= 4 is 15.8 Å². The lowest BCUT2D eigenvalue weighted by molar-refractivity contribution is 0.254. The van der Waals surface area contributed by atoms with Crippen LogP contribution in [0.15, 0.2) is 41.4 Å². The van der Waals surface area contributed by atoms with Crippen LogP contribution in [0.25, 0.3) is 0 Å². The van der Waals surface area contributed by atoms with E-state index in [0.29, 0.717) is 12.0 Å². The monoisotopic (exact) mass is 315 g/mol. The Morgan fingerprint density at radius 3 is 2.86 bits per heavy atom. The number of hydrogen-bond acceptors (Lipinski definition) is 5. The zero-order valence-corrected chi connectivity index (χ0v) is 12.6. The van der Waals surface area contributed by atoms with Gasteiger partial charge in [0.25, 0.3) is 10.0 Å². The average Bonchev–Trinajstić information content (AvgIpc) is 2.86. The number of benzene rings is 1. The van der Waals surface area contributed by atoms with Crippen molar-refractivity contribution < 1.29 is 13.2 Å². The largest absolute Gasteiger partial charge is 0.490 e. The van der Waals surface area contributed by atoms with Gasteiger partial charge in [-0.25, -0.2) is 13.4 Å². The van der Waals surface area contributed by atoms with Gasteiger partial charge in [0, 0.05) is 12.6 Å². The second-order valence-electron chi connectivity index (χ2n) is 5.05. The van der Waals surface area contributed by atoms with Crippen molar-refractivity contribution in [3.8, 4) is 11.8 Å². The lowest BCUT2D eigenvalue weighted by Gasteiger charge is -2.08. The number of fused-ring (bicyclic) bond motifs is 1. The van der Waals surface area contributed by atoms with Gasteiger partial charge in [-0.15, -0.1) is 0 Å². The molecule has 2 heterocycles. The first-order valence-corrected chi connectivity index (χ1v) is 8.15. The highest BCUT2D eigenvalue weighted by molar-refractivity contribution is 7.92. The summed E-state index contributed by atoms with van der Waals surface area (Å²) in [4.78, 5) is 4.07. The van der Waals surface area contributed by atoms with Crippen LogP contribution in [0.2, 0.25) is 0 Å². The van der Waals surface area contributed by atoms with Crippen LogP contribution >= 0.6 is 0 Å². The van der Waals surface area contributed by atoms with Gasteiger partial charge in [0.15, 0.2) is 0 Å². The number of nitriles is 1. The number of sulfonamides is 1. The Morgan fingerprint density at radius 1 is 1.36 bits per heavy atom. The number of nitrogens with zero attached hydrogens (tertiary/aromatic N) is 2. The Kier molecular flexibility index (Phi) is 3.47. The predicted molar refractivity (Wildman–Crippen MR) is 80.0 cm³/mol. The van der Waals surface area contributed by atoms with Crippen molar-refractivity contribution in [3.63, 3.8) is 0 Å². The fourth-order valence-electron chi connectivity index (χ4n) is 2.28. The number of pyridine rings is 1. The second-order valence-corrected chi connectivity index (χ2v) is 6.73. The molecule has 0 radical (unpaired) electrons. The van der Waals surface area contributed by atoms with E-state index >= 15 is 0 Å². The maximum absolute atomic E-state index is 12.4. The minimum absolute atomic E-state index is 0.0566. The molecule has 112 valence electrons. The van der Waals surface area contributed by atoms with Gasteiger partial charge in [0.05, 0.1) is 10.5 Å². The Hall–Kier alpha value is -2.59. The Labute approximate surface area is 128 Å². The van der Waals surface area contributed by atoms with Gasteiger partial charge in [-0.2, -0.15) is 5.26 Å². The molecule has 0 amide bonds. The molecule has 1 aromatic heterocycles. The van der Waals surface area contributed by atoms with E-state index in [2.05, 4.69) is 9.71 Å². The van der Waals surface area contributed by atoms with E-state index in [9.17, 15) is 8.42 Å².